The van der Waals surface area contributed by atoms with E-state index in [1.807, 2.05) is 13.8 Å². The van der Waals surface area contributed by atoms with Gasteiger partial charge >= 0.3 is 0 Å². The Bertz CT molecular complexity index is 129. The maximum Gasteiger partial charge on any atom is 0.100 e. The van der Waals surface area contributed by atoms with Crippen LogP contribution in [0.4, 0.5) is 4.39 Å². The van der Waals surface area contributed by atoms with Crippen LogP contribution in [-0.4, -0.2) is 0 Å². The fourth-order valence-electron chi connectivity index (χ4n) is 0.628. The van der Waals surface area contributed by atoms with Crippen molar-refractivity contribution < 1.29 is 4.39 Å². The van der Waals surface area contributed by atoms with Crippen LogP contribution in [0, 0.1) is 0 Å². The van der Waals surface area contributed by atoms with E-state index in [2.05, 4.69) is 0 Å². The Hall–Kier alpha value is -0.790. The first-order chi connectivity index (χ1) is 4.79. The Morgan fingerprint density at radius 3 is 2.20 bits per heavy atom. The van der Waals surface area contributed by atoms with E-state index in [1.165, 1.54) is 6.08 Å². The highest BCUT2D eigenvalue weighted by atomic mass is 19.1. The van der Waals surface area contributed by atoms with Crippen molar-refractivity contribution in [2.45, 2.75) is 26.7 Å². The third-order valence-electron chi connectivity index (χ3n) is 1.13. The first kappa shape index (κ1) is 9.21. The third-order valence-corrected chi connectivity index (χ3v) is 1.13. The van der Waals surface area contributed by atoms with Gasteiger partial charge in [-0.2, -0.15) is 0 Å². The van der Waals surface area contributed by atoms with Crippen molar-refractivity contribution in [1.82, 2.24) is 0 Å². The minimum absolute atomic E-state index is 0.0702. The zero-order chi connectivity index (χ0) is 7.98. The molecular formula is C8H14FN. The van der Waals surface area contributed by atoms with Crippen molar-refractivity contribution in [3.63, 3.8) is 0 Å². The lowest BCUT2D eigenvalue weighted by Crippen LogP contribution is -1.99. The van der Waals surface area contributed by atoms with Crippen molar-refractivity contribution in [3.8, 4) is 0 Å². The van der Waals surface area contributed by atoms with Gasteiger partial charge in [-0.1, -0.05) is 13.8 Å². The Kier molecular flexibility index (Phi) is 4.63. The quantitative estimate of drug-likeness (QED) is 0.554. The van der Waals surface area contributed by atoms with E-state index in [-0.39, 0.29) is 5.83 Å². The SMILES string of the molecule is CC.NC1=CC=C(F)CC1. The lowest BCUT2D eigenvalue weighted by atomic mass is 10.1. The molecule has 0 aromatic heterocycles. The molecule has 1 nitrogen and oxygen atoms in total. The Balaban J connectivity index is 0.000000371. The maximum absolute atomic E-state index is 12.1. The van der Waals surface area contributed by atoms with Crippen LogP contribution in [0.1, 0.15) is 26.7 Å². The number of hydrogen-bond acceptors (Lipinski definition) is 1. The molecule has 0 fully saturated rings. The molecule has 0 aromatic rings. The number of nitrogens with two attached hydrogens (primary N) is 1. The lowest BCUT2D eigenvalue weighted by molar-refractivity contribution is 0.581. The highest BCUT2D eigenvalue weighted by Gasteiger charge is 1.99. The zero-order valence-electron chi connectivity index (χ0n) is 6.52. The summed E-state index contributed by atoms with van der Waals surface area (Å²) in [5.41, 5.74) is 6.12. The molecule has 0 saturated heterocycles. The van der Waals surface area contributed by atoms with Gasteiger partial charge in [0, 0.05) is 12.1 Å². The third kappa shape index (κ3) is 3.28. The molecule has 2 N–H and O–H groups in total. The first-order valence-corrected chi connectivity index (χ1v) is 3.60. The Morgan fingerprint density at radius 1 is 1.30 bits per heavy atom. The summed E-state index contributed by atoms with van der Waals surface area (Å²) in [6.45, 7) is 4.00. The van der Waals surface area contributed by atoms with E-state index < -0.39 is 0 Å². The van der Waals surface area contributed by atoms with Gasteiger partial charge in [-0.05, 0) is 18.6 Å². The first-order valence-electron chi connectivity index (χ1n) is 3.60. The average Bonchev–Trinajstić information content (AvgIpc) is 2.00. The molecule has 2 heteroatoms. The molecule has 0 radical (unpaired) electrons. The van der Waals surface area contributed by atoms with E-state index in [0.29, 0.717) is 12.8 Å². The fraction of sp³-hybridized carbons (Fsp3) is 0.500. The van der Waals surface area contributed by atoms with Gasteiger partial charge in [0.1, 0.15) is 5.83 Å². The minimum atomic E-state index is -0.0702. The Morgan fingerprint density at radius 2 is 1.90 bits per heavy atom. The summed E-state index contributed by atoms with van der Waals surface area (Å²) in [4.78, 5) is 0. The summed E-state index contributed by atoms with van der Waals surface area (Å²) >= 11 is 0. The second kappa shape index (κ2) is 5.03. The molecular weight excluding hydrogens is 129 g/mol. The molecule has 0 heterocycles. The summed E-state index contributed by atoms with van der Waals surface area (Å²) in [6.07, 6.45) is 4.17. The van der Waals surface area contributed by atoms with Crippen LogP contribution < -0.4 is 5.73 Å². The van der Waals surface area contributed by atoms with Crippen LogP contribution in [0.2, 0.25) is 0 Å². The number of halogens is 1. The fourth-order valence-corrected chi connectivity index (χ4v) is 0.628. The topological polar surface area (TPSA) is 26.0 Å². The standard InChI is InChI=1S/C6H8FN.C2H6/c7-5-1-3-6(8)4-2-5;1-2/h1,3H,2,4,8H2;1-2H3. The smallest absolute Gasteiger partial charge is 0.100 e. The summed E-state index contributed by atoms with van der Waals surface area (Å²) in [6, 6.07) is 0. The van der Waals surface area contributed by atoms with Gasteiger partial charge in [0.2, 0.25) is 0 Å². The summed E-state index contributed by atoms with van der Waals surface area (Å²) in [5, 5.41) is 0. The van der Waals surface area contributed by atoms with Crippen LogP contribution in [0.15, 0.2) is 23.7 Å². The number of hydrogen-bond donors (Lipinski definition) is 1. The summed E-state index contributed by atoms with van der Waals surface area (Å²) in [5.74, 6) is -0.0702. The Labute approximate surface area is 61.4 Å². The predicted molar refractivity (Wildman–Crippen MR) is 42.0 cm³/mol. The highest BCUT2D eigenvalue weighted by molar-refractivity contribution is 5.17. The van der Waals surface area contributed by atoms with E-state index in [9.17, 15) is 4.39 Å². The lowest BCUT2D eigenvalue weighted by Gasteiger charge is -2.02. The molecule has 1 aliphatic carbocycles. The van der Waals surface area contributed by atoms with Gasteiger partial charge in [0.15, 0.2) is 0 Å². The monoisotopic (exact) mass is 143 g/mol. The van der Waals surface area contributed by atoms with Crippen molar-refractivity contribution in [3.05, 3.63) is 23.7 Å². The van der Waals surface area contributed by atoms with Crippen molar-refractivity contribution in [2.75, 3.05) is 0 Å². The van der Waals surface area contributed by atoms with Crippen LogP contribution in [0.3, 0.4) is 0 Å². The van der Waals surface area contributed by atoms with Gasteiger partial charge in [-0.25, -0.2) is 4.39 Å². The van der Waals surface area contributed by atoms with E-state index in [0.717, 1.165) is 5.70 Å². The maximum atomic E-state index is 12.1. The van der Waals surface area contributed by atoms with Gasteiger partial charge in [0.05, 0.1) is 0 Å². The molecule has 0 aliphatic heterocycles. The van der Waals surface area contributed by atoms with Crippen LogP contribution in [-0.2, 0) is 0 Å². The van der Waals surface area contributed by atoms with Crippen LogP contribution in [0.25, 0.3) is 0 Å². The van der Waals surface area contributed by atoms with Crippen molar-refractivity contribution >= 4 is 0 Å². The molecule has 58 valence electrons. The molecule has 0 spiro atoms. The molecule has 0 bridgehead atoms. The molecule has 0 atom stereocenters. The van der Waals surface area contributed by atoms with Crippen molar-refractivity contribution in [1.29, 1.82) is 0 Å². The summed E-state index contributed by atoms with van der Waals surface area (Å²) in [7, 11) is 0. The molecule has 0 saturated carbocycles. The van der Waals surface area contributed by atoms with Gasteiger partial charge in [-0.3, -0.25) is 0 Å². The van der Waals surface area contributed by atoms with Crippen LogP contribution >= 0.6 is 0 Å². The normalized spacial score (nSPS) is 16.3. The highest BCUT2D eigenvalue weighted by Crippen LogP contribution is 2.14. The van der Waals surface area contributed by atoms with Gasteiger partial charge in [0.25, 0.3) is 0 Å². The van der Waals surface area contributed by atoms with E-state index in [4.69, 9.17) is 5.73 Å². The molecule has 1 aliphatic rings. The number of rotatable bonds is 0. The van der Waals surface area contributed by atoms with Gasteiger partial charge < -0.3 is 5.73 Å². The molecule has 10 heavy (non-hydrogen) atoms. The van der Waals surface area contributed by atoms with Crippen molar-refractivity contribution in [2.24, 2.45) is 5.73 Å². The summed E-state index contributed by atoms with van der Waals surface area (Å²) < 4.78 is 12.1. The van der Waals surface area contributed by atoms with Gasteiger partial charge in [-0.15, -0.1) is 0 Å². The molecule has 1 rings (SSSR count). The number of allylic oxidation sites excluding steroid dienone is 4. The van der Waals surface area contributed by atoms with E-state index >= 15 is 0 Å². The predicted octanol–water partition coefficient (Wildman–Crippen LogP) is 2.50. The molecule has 0 unspecified atom stereocenters. The van der Waals surface area contributed by atoms with Crippen LogP contribution in [0.5, 0.6) is 0 Å². The molecule has 0 aromatic carbocycles. The second-order valence-corrected chi connectivity index (χ2v) is 1.86. The zero-order valence-corrected chi connectivity index (χ0v) is 6.52. The second-order valence-electron chi connectivity index (χ2n) is 1.86. The average molecular weight is 143 g/mol. The minimum Gasteiger partial charge on any atom is -0.402 e. The largest absolute Gasteiger partial charge is 0.402 e. The van der Waals surface area contributed by atoms with E-state index in [1.54, 1.807) is 6.08 Å². The molecule has 0 amide bonds.